The first kappa shape index (κ1) is 18.1. The average Bonchev–Trinajstić information content (AvgIpc) is 3.12. The summed E-state index contributed by atoms with van der Waals surface area (Å²) in [4.78, 5) is 29.5. The van der Waals surface area contributed by atoms with Crippen molar-refractivity contribution in [2.24, 2.45) is 0 Å². The second-order valence-electron chi connectivity index (χ2n) is 6.64. The van der Waals surface area contributed by atoms with Gasteiger partial charge in [0.05, 0.1) is 11.3 Å². The standard InChI is InChI=1S/C19H18ClN3O3S/c20-14-8-4-7-13(9-14)18(25)26-11-15-10-16(24)23-19(21-15)27-17(22-23)12-5-2-1-3-6-12/h4,7-10,12H,1-3,5-6,11H2. The Hall–Kier alpha value is -2.25. The van der Waals surface area contributed by atoms with E-state index >= 15 is 0 Å². The van der Waals surface area contributed by atoms with Gasteiger partial charge >= 0.3 is 5.97 Å². The van der Waals surface area contributed by atoms with E-state index in [1.165, 1.54) is 47.2 Å². The van der Waals surface area contributed by atoms with E-state index < -0.39 is 5.97 Å². The summed E-state index contributed by atoms with van der Waals surface area (Å²) in [6.45, 7) is -0.0756. The van der Waals surface area contributed by atoms with Gasteiger partial charge in [-0.05, 0) is 31.0 Å². The van der Waals surface area contributed by atoms with Crippen molar-refractivity contribution in [2.75, 3.05) is 0 Å². The van der Waals surface area contributed by atoms with Gasteiger partial charge in [-0.1, -0.05) is 48.3 Å². The molecule has 1 aliphatic rings. The summed E-state index contributed by atoms with van der Waals surface area (Å²) < 4.78 is 6.62. The topological polar surface area (TPSA) is 73.6 Å². The molecule has 3 aromatic rings. The van der Waals surface area contributed by atoms with Crippen molar-refractivity contribution in [3.05, 3.63) is 62.0 Å². The first-order valence-corrected chi connectivity index (χ1v) is 10.1. The Morgan fingerprint density at radius 3 is 2.85 bits per heavy atom. The largest absolute Gasteiger partial charge is 0.456 e. The van der Waals surface area contributed by atoms with E-state index in [0.717, 1.165) is 17.8 Å². The molecule has 0 bridgehead atoms. The van der Waals surface area contributed by atoms with Crippen molar-refractivity contribution in [3.8, 4) is 0 Å². The van der Waals surface area contributed by atoms with Crippen LogP contribution in [-0.2, 0) is 11.3 Å². The number of hydrogen-bond acceptors (Lipinski definition) is 6. The fraction of sp³-hybridized carbons (Fsp3) is 0.368. The monoisotopic (exact) mass is 403 g/mol. The molecule has 2 heterocycles. The number of aromatic nitrogens is 3. The molecule has 140 valence electrons. The summed E-state index contributed by atoms with van der Waals surface area (Å²) in [7, 11) is 0. The summed E-state index contributed by atoms with van der Waals surface area (Å²) in [5.41, 5.74) is 0.513. The van der Waals surface area contributed by atoms with Gasteiger partial charge in [-0.25, -0.2) is 9.78 Å². The minimum Gasteiger partial charge on any atom is -0.456 e. The molecule has 1 saturated carbocycles. The van der Waals surface area contributed by atoms with Gasteiger partial charge in [0.1, 0.15) is 11.6 Å². The summed E-state index contributed by atoms with van der Waals surface area (Å²) in [6, 6.07) is 7.89. The van der Waals surface area contributed by atoms with Gasteiger partial charge in [0.25, 0.3) is 5.56 Å². The molecular weight excluding hydrogens is 386 g/mol. The number of fused-ring (bicyclic) bond motifs is 1. The van der Waals surface area contributed by atoms with Crippen molar-refractivity contribution in [3.63, 3.8) is 0 Å². The highest BCUT2D eigenvalue weighted by atomic mass is 35.5. The second kappa shape index (κ2) is 7.78. The number of carbonyl (C=O) groups excluding carboxylic acids is 1. The lowest BCUT2D eigenvalue weighted by atomic mass is 9.90. The van der Waals surface area contributed by atoms with E-state index in [0.29, 0.717) is 27.2 Å². The van der Waals surface area contributed by atoms with Gasteiger partial charge in [-0.3, -0.25) is 4.79 Å². The molecule has 1 fully saturated rings. The zero-order valence-corrected chi connectivity index (χ0v) is 16.1. The van der Waals surface area contributed by atoms with Gasteiger partial charge < -0.3 is 4.74 Å². The van der Waals surface area contributed by atoms with Gasteiger partial charge in [0, 0.05) is 17.0 Å². The summed E-state index contributed by atoms with van der Waals surface area (Å²) in [5, 5.41) is 5.89. The molecule has 6 nitrogen and oxygen atoms in total. The molecule has 2 aromatic heterocycles. The van der Waals surface area contributed by atoms with Crippen molar-refractivity contribution in [2.45, 2.75) is 44.6 Å². The Balaban J connectivity index is 1.52. The van der Waals surface area contributed by atoms with Crippen molar-refractivity contribution in [1.82, 2.24) is 14.6 Å². The third-order valence-electron chi connectivity index (χ3n) is 4.68. The van der Waals surface area contributed by atoms with E-state index in [4.69, 9.17) is 16.3 Å². The maximum absolute atomic E-state index is 12.4. The van der Waals surface area contributed by atoms with Crippen LogP contribution in [0.4, 0.5) is 0 Å². The number of esters is 1. The van der Waals surface area contributed by atoms with Crippen molar-refractivity contribution >= 4 is 33.9 Å². The molecule has 4 rings (SSSR count). The quantitative estimate of drug-likeness (QED) is 0.610. The highest BCUT2D eigenvalue weighted by Gasteiger charge is 2.21. The molecule has 1 aromatic carbocycles. The summed E-state index contributed by atoms with van der Waals surface area (Å²) >= 11 is 7.34. The number of carbonyl (C=O) groups is 1. The van der Waals surface area contributed by atoms with Crippen LogP contribution in [-0.4, -0.2) is 20.6 Å². The minimum atomic E-state index is -0.508. The number of nitrogens with zero attached hydrogens (tertiary/aromatic N) is 3. The van der Waals surface area contributed by atoms with Crippen LogP contribution in [0.1, 0.15) is 59.1 Å². The lowest BCUT2D eigenvalue weighted by Gasteiger charge is -2.18. The molecular formula is C19H18ClN3O3S. The van der Waals surface area contributed by atoms with E-state index in [1.54, 1.807) is 18.2 Å². The third kappa shape index (κ3) is 4.04. The van der Waals surface area contributed by atoms with Crippen LogP contribution in [0.15, 0.2) is 35.1 Å². The summed E-state index contributed by atoms with van der Waals surface area (Å²) in [6.07, 6.45) is 5.89. The first-order valence-electron chi connectivity index (χ1n) is 8.92. The van der Waals surface area contributed by atoms with Gasteiger partial charge in [-0.2, -0.15) is 9.61 Å². The lowest BCUT2D eigenvalue weighted by Crippen LogP contribution is -2.17. The average molecular weight is 404 g/mol. The number of hydrogen-bond donors (Lipinski definition) is 0. The van der Waals surface area contributed by atoms with Gasteiger partial charge in [-0.15, -0.1) is 0 Å². The molecule has 8 heteroatoms. The van der Waals surface area contributed by atoms with Crippen LogP contribution in [0, 0.1) is 0 Å². The van der Waals surface area contributed by atoms with Crippen LogP contribution >= 0.6 is 22.9 Å². The lowest BCUT2D eigenvalue weighted by molar-refractivity contribution is 0.0467. The normalized spacial score (nSPS) is 15.1. The van der Waals surface area contributed by atoms with Crippen LogP contribution in [0.5, 0.6) is 0 Å². The number of halogens is 1. The molecule has 0 aliphatic heterocycles. The molecule has 0 radical (unpaired) electrons. The Morgan fingerprint density at radius 1 is 1.26 bits per heavy atom. The molecule has 0 atom stereocenters. The smallest absolute Gasteiger partial charge is 0.338 e. The van der Waals surface area contributed by atoms with Crippen molar-refractivity contribution < 1.29 is 9.53 Å². The molecule has 0 spiro atoms. The molecule has 1 aliphatic carbocycles. The number of rotatable bonds is 4. The SMILES string of the molecule is O=C(OCc1cc(=O)n2nc(C3CCCCC3)sc2n1)c1cccc(Cl)c1. The highest BCUT2D eigenvalue weighted by molar-refractivity contribution is 7.16. The second-order valence-corrected chi connectivity index (χ2v) is 8.07. The first-order chi connectivity index (χ1) is 13.1. The van der Waals surface area contributed by atoms with E-state index in [1.807, 2.05) is 0 Å². The molecule has 0 unspecified atom stereocenters. The highest BCUT2D eigenvalue weighted by Crippen LogP contribution is 2.34. The van der Waals surface area contributed by atoms with Gasteiger partial charge in [0.2, 0.25) is 4.96 Å². The predicted octanol–water partition coefficient (Wildman–Crippen LogP) is 4.21. The molecule has 0 amide bonds. The van der Waals surface area contributed by atoms with Gasteiger partial charge in [0.15, 0.2) is 0 Å². The maximum Gasteiger partial charge on any atom is 0.338 e. The Labute approximate surface area is 164 Å². The van der Waals surface area contributed by atoms with E-state index in [2.05, 4.69) is 10.1 Å². The van der Waals surface area contributed by atoms with Crippen molar-refractivity contribution in [1.29, 1.82) is 0 Å². The van der Waals surface area contributed by atoms with Crippen LogP contribution in [0.3, 0.4) is 0 Å². The fourth-order valence-electron chi connectivity index (χ4n) is 3.30. The Bertz CT molecular complexity index is 1040. The number of benzene rings is 1. The molecule has 27 heavy (non-hydrogen) atoms. The van der Waals surface area contributed by atoms with Crippen LogP contribution in [0.25, 0.3) is 4.96 Å². The summed E-state index contributed by atoms with van der Waals surface area (Å²) in [5.74, 6) is -0.0966. The fourth-order valence-corrected chi connectivity index (χ4v) is 4.58. The Morgan fingerprint density at radius 2 is 2.07 bits per heavy atom. The number of ether oxygens (including phenoxy) is 1. The predicted molar refractivity (Wildman–Crippen MR) is 104 cm³/mol. The van der Waals surface area contributed by atoms with Crippen LogP contribution < -0.4 is 5.56 Å². The molecule has 0 N–H and O–H groups in total. The van der Waals surface area contributed by atoms with E-state index in [-0.39, 0.29) is 12.2 Å². The zero-order valence-electron chi connectivity index (χ0n) is 14.6. The zero-order chi connectivity index (χ0) is 18.8. The van der Waals surface area contributed by atoms with E-state index in [9.17, 15) is 9.59 Å². The van der Waals surface area contributed by atoms with Crippen LogP contribution in [0.2, 0.25) is 5.02 Å². The Kier molecular flexibility index (Phi) is 5.22. The molecule has 0 saturated heterocycles. The third-order valence-corrected chi connectivity index (χ3v) is 5.99. The maximum atomic E-state index is 12.4. The minimum absolute atomic E-state index is 0.0756.